The number of benzene rings is 1. The van der Waals surface area contributed by atoms with Gasteiger partial charge in [-0.15, -0.1) is 16.4 Å². The molecule has 0 fully saturated rings. The fourth-order valence-electron chi connectivity index (χ4n) is 3.08. The van der Waals surface area contributed by atoms with E-state index in [1.807, 2.05) is 6.07 Å². The van der Waals surface area contributed by atoms with E-state index in [2.05, 4.69) is 35.3 Å². The third kappa shape index (κ3) is 4.81. The molecule has 4 aromatic heterocycles. The van der Waals surface area contributed by atoms with E-state index in [0.717, 1.165) is 5.56 Å². The lowest BCUT2D eigenvalue weighted by Crippen LogP contribution is -2.16. The van der Waals surface area contributed by atoms with Gasteiger partial charge in [-0.1, -0.05) is 23.9 Å². The number of amides is 1. The number of para-hydroxylation sites is 1. The van der Waals surface area contributed by atoms with Crippen molar-refractivity contribution in [1.29, 1.82) is 0 Å². The van der Waals surface area contributed by atoms with E-state index >= 15 is 0 Å². The number of pyridine rings is 1. The van der Waals surface area contributed by atoms with E-state index in [1.165, 1.54) is 23.1 Å². The minimum Gasteiger partial charge on any atom is -0.308 e. The van der Waals surface area contributed by atoms with Gasteiger partial charge in [0, 0.05) is 29.5 Å². The molecule has 0 aliphatic heterocycles. The minimum absolute atomic E-state index is 0.121. The quantitative estimate of drug-likeness (QED) is 0.343. The van der Waals surface area contributed by atoms with Crippen molar-refractivity contribution >= 4 is 45.0 Å². The highest BCUT2D eigenvalue weighted by Crippen LogP contribution is 2.22. The van der Waals surface area contributed by atoms with E-state index in [4.69, 9.17) is 0 Å². The fourth-order valence-corrected chi connectivity index (χ4v) is 4.37. The zero-order valence-electron chi connectivity index (χ0n) is 17.0. The monoisotopic (exact) mass is 476 g/mol. The number of hydrogen-bond donors (Lipinski definition) is 2. The number of carbonyl (C=O) groups excluding carboxylic acids is 1. The van der Waals surface area contributed by atoms with Crippen LogP contribution in [0.25, 0.3) is 22.3 Å². The number of aromatic amines is 1. The molecule has 4 heterocycles. The second-order valence-corrected chi connectivity index (χ2v) is 8.65. The molecule has 5 rings (SSSR count). The summed E-state index contributed by atoms with van der Waals surface area (Å²) in [5.41, 5.74) is 1.17. The van der Waals surface area contributed by atoms with Crippen molar-refractivity contribution in [3.63, 3.8) is 0 Å². The largest absolute Gasteiger partial charge is 0.308 e. The number of anilines is 1. The van der Waals surface area contributed by atoms with Gasteiger partial charge < -0.3 is 10.3 Å². The first kappa shape index (κ1) is 21.0. The van der Waals surface area contributed by atoms with Crippen LogP contribution in [0.4, 0.5) is 5.13 Å². The van der Waals surface area contributed by atoms with Crippen LogP contribution in [-0.2, 0) is 11.3 Å². The normalized spacial score (nSPS) is 11.0. The summed E-state index contributed by atoms with van der Waals surface area (Å²) in [5, 5.41) is 10.7. The highest BCUT2D eigenvalue weighted by molar-refractivity contribution is 7.99. The minimum atomic E-state index is -0.220. The Morgan fingerprint density at radius 2 is 1.97 bits per heavy atom. The Bertz CT molecular complexity index is 1460. The molecule has 1 aromatic carbocycles. The zero-order valence-corrected chi connectivity index (χ0v) is 18.6. The Balaban J connectivity index is 1.43. The van der Waals surface area contributed by atoms with Crippen LogP contribution in [0.15, 0.2) is 70.3 Å². The molecule has 1 amide bonds. The van der Waals surface area contributed by atoms with E-state index in [1.54, 1.807) is 59.0 Å². The van der Waals surface area contributed by atoms with Crippen LogP contribution in [0.3, 0.4) is 0 Å². The number of H-pyrrole nitrogens is 1. The van der Waals surface area contributed by atoms with Gasteiger partial charge in [0.1, 0.15) is 12.4 Å². The number of nitrogens with one attached hydrogen (secondary N) is 2. The predicted molar refractivity (Wildman–Crippen MR) is 126 cm³/mol. The van der Waals surface area contributed by atoms with Gasteiger partial charge in [0.25, 0.3) is 5.56 Å². The van der Waals surface area contributed by atoms with Crippen molar-refractivity contribution in [2.75, 3.05) is 11.1 Å². The molecule has 0 radical (unpaired) electrons. The number of rotatable bonds is 7. The molecule has 5 aromatic rings. The predicted octanol–water partition coefficient (Wildman–Crippen LogP) is 2.81. The van der Waals surface area contributed by atoms with Crippen LogP contribution in [0.2, 0.25) is 0 Å². The van der Waals surface area contributed by atoms with Gasteiger partial charge in [0.2, 0.25) is 5.91 Å². The number of thioether (sulfide) groups is 1. The Labute approximate surface area is 195 Å². The van der Waals surface area contributed by atoms with Gasteiger partial charge >= 0.3 is 0 Å². The molecule has 0 bridgehead atoms. The molecule has 33 heavy (non-hydrogen) atoms. The number of nitrogens with zero attached hydrogens (tertiary/aromatic N) is 6. The summed E-state index contributed by atoms with van der Waals surface area (Å²) < 4.78 is 1.63. The first-order valence-corrected chi connectivity index (χ1v) is 11.7. The highest BCUT2D eigenvalue weighted by atomic mass is 32.2. The van der Waals surface area contributed by atoms with Crippen molar-refractivity contribution < 1.29 is 4.79 Å². The number of hydrogen-bond acceptors (Lipinski definition) is 9. The van der Waals surface area contributed by atoms with Gasteiger partial charge in [-0.25, -0.2) is 19.6 Å². The van der Waals surface area contributed by atoms with Crippen LogP contribution < -0.4 is 10.9 Å². The molecule has 12 heteroatoms. The van der Waals surface area contributed by atoms with Gasteiger partial charge in [-0.05, 0) is 24.3 Å². The number of aromatic nitrogens is 7. The lowest BCUT2D eigenvalue weighted by atomic mass is 10.2. The Morgan fingerprint density at radius 3 is 2.79 bits per heavy atom. The zero-order chi connectivity index (χ0) is 22.6. The smallest absolute Gasteiger partial charge is 0.258 e. The van der Waals surface area contributed by atoms with Crippen LogP contribution >= 0.6 is 23.1 Å². The van der Waals surface area contributed by atoms with Crippen molar-refractivity contribution in [2.45, 2.75) is 11.7 Å². The first-order valence-electron chi connectivity index (χ1n) is 9.81. The maximum atomic E-state index is 12.5. The van der Waals surface area contributed by atoms with Crippen molar-refractivity contribution in [3.05, 3.63) is 76.5 Å². The van der Waals surface area contributed by atoms with E-state index in [9.17, 15) is 9.59 Å². The molecule has 2 N–H and O–H groups in total. The third-order valence-corrected chi connectivity index (χ3v) is 6.20. The summed E-state index contributed by atoms with van der Waals surface area (Å²) in [6.45, 7) is 0.189. The van der Waals surface area contributed by atoms with Gasteiger partial charge in [-0.2, -0.15) is 0 Å². The summed E-state index contributed by atoms with van der Waals surface area (Å²) >= 11 is 2.59. The van der Waals surface area contributed by atoms with Crippen LogP contribution in [-0.4, -0.2) is 46.4 Å². The molecule has 0 unspecified atom stereocenters. The molecule has 164 valence electrons. The van der Waals surface area contributed by atoms with E-state index in [-0.39, 0.29) is 23.8 Å². The van der Waals surface area contributed by atoms with Crippen LogP contribution in [0.1, 0.15) is 5.82 Å². The average molecular weight is 477 g/mol. The molecular weight excluding hydrogens is 460 g/mol. The van der Waals surface area contributed by atoms with Crippen molar-refractivity contribution in [1.82, 2.24) is 34.7 Å². The topological polar surface area (TPSA) is 131 Å². The maximum absolute atomic E-state index is 12.5. The summed E-state index contributed by atoms with van der Waals surface area (Å²) in [5.74, 6) is 0.852. The van der Waals surface area contributed by atoms with Crippen LogP contribution in [0, 0.1) is 0 Å². The molecule has 0 aliphatic carbocycles. The van der Waals surface area contributed by atoms with Gasteiger partial charge in [0.15, 0.2) is 16.1 Å². The SMILES string of the molecule is O=C(CSc1nc(-c2ccncc2)nn1Cc1nc2ccccc2c(=O)[nH]1)Nc1nccs1. The Kier molecular flexibility index (Phi) is 5.91. The second kappa shape index (κ2) is 9.30. The number of fused-ring (bicyclic) bond motifs is 1. The number of thiazole rings is 1. The van der Waals surface area contributed by atoms with Gasteiger partial charge in [-0.3, -0.25) is 14.6 Å². The summed E-state index contributed by atoms with van der Waals surface area (Å²) in [6, 6.07) is 10.8. The molecule has 0 saturated heterocycles. The third-order valence-electron chi connectivity index (χ3n) is 4.55. The first-order chi connectivity index (χ1) is 16.2. The maximum Gasteiger partial charge on any atom is 0.258 e. The second-order valence-electron chi connectivity index (χ2n) is 6.82. The lowest BCUT2D eigenvalue weighted by Gasteiger charge is -2.06. The molecular formula is C21H16N8O2S2. The molecule has 0 atom stereocenters. The molecule has 10 nitrogen and oxygen atoms in total. The summed E-state index contributed by atoms with van der Waals surface area (Å²) in [7, 11) is 0. The van der Waals surface area contributed by atoms with Crippen LogP contribution in [0.5, 0.6) is 0 Å². The van der Waals surface area contributed by atoms with E-state index < -0.39 is 0 Å². The standard InChI is InChI=1S/C21H16N8O2S2/c30-17(26-20-23-9-10-32-20)12-33-21-27-18(13-5-7-22-8-6-13)28-29(21)11-16-24-15-4-2-1-3-14(15)19(31)25-16/h1-10H,11-12H2,(H,23,26,30)(H,24,25,31). The number of carbonyl (C=O) groups is 1. The van der Waals surface area contributed by atoms with Gasteiger partial charge in [0.05, 0.1) is 16.7 Å². The van der Waals surface area contributed by atoms with E-state index in [0.29, 0.717) is 32.8 Å². The Morgan fingerprint density at radius 1 is 1.12 bits per heavy atom. The average Bonchev–Trinajstić information content (AvgIpc) is 3.48. The van der Waals surface area contributed by atoms with Crippen molar-refractivity contribution in [3.8, 4) is 11.4 Å². The lowest BCUT2D eigenvalue weighted by molar-refractivity contribution is -0.113. The molecule has 0 saturated carbocycles. The fraction of sp³-hybridized carbons (Fsp3) is 0.0952. The van der Waals surface area contributed by atoms with Crippen molar-refractivity contribution in [2.24, 2.45) is 0 Å². The Hall–Kier alpha value is -3.90. The molecule has 0 aliphatic rings. The molecule has 0 spiro atoms. The summed E-state index contributed by atoms with van der Waals surface area (Å²) in [6.07, 6.45) is 4.95. The summed E-state index contributed by atoms with van der Waals surface area (Å²) in [4.78, 5) is 44.8. The highest BCUT2D eigenvalue weighted by Gasteiger charge is 2.16.